The molecule has 0 aliphatic rings. The molecular weight excluding hydrogens is 216 g/mol. The van der Waals surface area contributed by atoms with E-state index in [0.717, 1.165) is 15.1 Å². The Morgan fingerprint density at radius 3 is 2.79 bits per heavy atom. The van der Waals surface area contributed by atoms with Crippen LogP contribution in [0.2, 0.25) is 5.15 Å². The standard InChI is InChI=1S/C10H11ClN2S/c1-10(2,12)8-5-6-7(14-8)3-4-9(11)13-6/h3-5H,12H2,1-2H3. The van der Waals surface area contributed by atoms with E-state index in [9.17, 15) is 0 Å². The highest BCUT2D eigenvalue weighted by Gasteiger charge is 2.17. The van der Waals surface area contributed by atoms with E-state index in [-0.39, 0.29) is 5.54 Å². The number of nitrogens with zero attached hydrogens (tertiary/aromatic N) is 1. The van der Waals surface area contributed by atoms with Crippen LogP contribution in [-0.2, 0) is 5.54 Å². The van der Waals surface area contributed by atoms with Crippen molar-refractivity contribution in [3.05, 3.63) is 28.2 Å². The van der Waals surface area contributed by atoms with Crippen LogP contribution in [0, 0.1) is 0 Å². The summed E-state index contributed by atoms with van der Waals surface area (Å²) in [6.07, 6.45) is 0. The van der Waals surface area contributed by atoms with Gasteiger partial charge in [-0.3, -0.25) is 0 Å². The number of hydrogen-bond donors (Lipinski definition) is 1. The van der Waals surface area contributed by atoms with Gasteiger partial charge in [-0.25, -0.2) is 4.98 Å². The monoisotopic (exact) mass is 226 g/mol. The van der Waals surface area contributed by atoms with E-state index in [1.807, 2.05) is 26.0 Å². The fourth-order valence-corrected chi connectivity index (χ4v) is 2.39. The maximum Gasteiger partial charge on any atom is 0.129 e. The molecule has 0 aliphatic carbocycles. The summed E-state index contributed by atoms with van der Waals surface area (Å²) < 4.78 is 1.13. The molecule has 2 aromatic rings. The lowest BCUT2D eigenvalue weighted by Crippen LogP contribution is -2.27. The first-order valence-electron chi connectivity index (χ1n) is 4.32. The van der Waals surface area contributed by atoms with E-state index < -0.39 is 0 Å². The highest BCUT2D eigenvalue weighted by molar-refractivity contribution is 7.19. The van der Waals surface area contributed by atoms with Crippen LogP contribution < -0.4 is 5.73 Å². The smallest absolute Gasteiger partial charge is 0.129 e. The quantitative estimate of drug-likeness (QED) is 0.759. The van der Waals surface area contributed by atoms with Crippen LogP contribution in [0.1, 0.15) is 18.7 Å². The molecule has 0 bridgehead atoms. The maximum absolute atomic E-state index is 6.01. The summed E-state index contributed by atoms with van der Waals surface area (Å²) in [5.74, 6) is 0. The molecule has 0 spiro atoms. The van der Waals surface area contributed by atoms with Crippen LogP contribution in [0.25, 0.3) is 10.2 Å². The fraction of sp³-hybridized carbons (Fsp3) is 0.300. The van der Waals surface area contributed by atoms with Gasteiger partial charge in [-0.15, -0.1) is 11.3 Å². The maximum atomic E-state index is 6.01. The Bertz CT molecular complexity index is 470. The van der Waals surface area contributed by atoms with Crippen molar-refractivity contribution >= 4 is 33.2 Å². The van der Waals surface area contributed by atoms with E-state index in [1.165, 1.54) is 0 Å². The Morgan fingerprint density at radius 1 is 1.43 bits per heavy atom. The zero-order chi connectivity index (χ0) is 10.3. The van der Waals surface area contributed by atoms with Crippen LogP contribution in [-0.4, -0.2) is 4.98 Å². The first-order chi connectivity index (χ1) is 6.47. The summed E-state index contributed by atoms with van der Waals surface area (Å²) in [6.45, 7) is 3.97. The molecule has 0 saturated carbocycles. The first-order valence-corrected chi connectivity index (χ1v) is 5.52. The molecule has 2 aromatic heterocycles. The zero-order valence-corrected chi connectivity index (χ0v) is 9.62. The lowest BCUT2D eigenvalue weighted by atomic mass is 10.1. The molecule has 0 aromatic carbocycles. The molecule has 2 rings (SSSR count). The van der Waals surface area contributed by atoms with Gasteiger partial charge in [0, 0.05) is 10.4 Å². The molecule has 74 valence electrons. The summed E-state index contributed by atoms with van der Waals surface area (Å²) in [5, 5.41) is 0.525. The lowest BCUT2D eigenvalue weighted by Gasteiger charge is -2.15. The minimum atomic E-state index is -0.308. The second-order valence-corrected chi connectivity index (χ2v) is 5.32. The van der Waals surface area contributed by atoms with E-state index in [1.54, 1.807) is 17.4 Å². The van der Waals surface area contributed by atoms with Crippen LogP contribution in [0.15, 0.2) is 18.2 Å². The van der Waals surface area contributed by atoms with Gasteiger partial charge >= 0.3 is 0 Å². The zero-order valence-electron chi connectivity index (χ0n) is 8.04. The Labute approximate surface area is 91.7 Å². The third-order valence-corrected chi connectivity index (χ3v) is 3.61. The van der Waals surface area contributed by atoms with Crippen LogP contribution in [0.4, 0.5) is 0 Å². The van der Waals surface area contributed by atoms with Gasteiger partial charge in [-0.05, 0) is 32.0 Å². The molecule has 0 aliphatic heterocycles. The molecule has 2 heterocycles. The van der Waals surface area contributed by atoms with Crippen LogP contribution in [0.5, 0.6) is 0 Å². The Hall–Kier alpha value is -0.640. The van der Waals surface area contributed by atoms with E-state index in [0.29, 0.717) is 5.15 Å². The number of nitrogens with two attached hydrogens (primary N) is 1. The average molecular weight is 227 g/mol. The third kappa shape index (κ3) is 1.75. The molecule has 0 unspecified atom stereocenters. The largest absolute Gasteiger partial charge is 0.321 e. The second-order valence-electron chi connectivity index (χ2n) is 3.85. The van der Waals surface area contributed by atoms with Crippen LogP contribution in [0.3, 0.4) is 0 Å². The fourth-order valence-electron chi connectivity index (χ4n) is 1.22. The minimum absolute atomic E-state index is 0.308. The molecule has 0 atom stereocenters. The Morgan fingerprint density at radius 2 is 2.14 bits per heavy atom. The number of rotatable bonds is 1. The molecule has 4 heteroatoms. The molecule has 2 N–H and O–H groups in total. The topological polar surface area (TPSA) is 38.9 Å². The summed E-state index contributed by atoms with van der Waals surface area (Å²) in [4.78, 5) is 5.36. The van der Waals surface area contributed by atoms with Crippen molar-refractivity contribution < 1.29 is 0 Å². The predicted molar refractivity (Wildman–Crippen MR) is 61.8 cm³/mol. The van der Waals surface area contributed by atoms with Gasteiger partial charge in [-0.2, -0.15) is 0 Å². The van der Waals surface area contributed by atoms with Crippen molar-refractivity contribution in [2.45, 2.75) is 19.4 Å². The number of aromatic nitrogens is 1. The second kappa shape index (κ2) is 3.19. The van der Waals surface area contributed by atoms with E-state index in [2.05, 4.69) is 4.98 Å². The molecule has 2 nitrogen and oxygen atoms in total. The van der Waals surface area contributed by atoms with Crippen LogP contribution >= 0.6 is 22.9 Å². The first kappa shape index (κ1) is 9.90. The lowest BCUT2D eigenvalue weighted by molar-refractivity contribution is 0.567. The number of fused-ring (bicyclic) bond motifs is 1. The summed E-state index contributed by atoms with van der Waals surface area (Å²) in [5.41, 5.74) is 6.63. The SMILES string of the molecule is CC(C)(N)c1cc2nc(Cl)ccc2s1. The van der Waals surface area contributed by atoms with Gasteiger partial charge in [0.25, 0.3) is 0 Å². The summed E-state index contributed by atoms with van der Waals surface area (Å²) in [6, 6.07) is 5.78. The van der Waals surface area contributed by atoms with Gasteiger partial charge in [0.1, 0.15) is 5.15 Å². The number of pyridine rings is 1. The molecule has 0 radical (unpaired) electrons. The molecule has 0 amide bonds. The van der Waals surface area contributed by atoms with Crippen molar-refractivity contribution in [1.29, 1.82) is 0 Å². The molecule has 0 saturated heterocycles. The van der Waals surface area contributed by atoms with Crippen molar-refractivity contribution in [3.63, 3.8) is 0 Å². The van der Waals surface area contributed by atoms with Crippen molar-refractivity contribution in [2.75, 3.05) is 0 Å². The molecular formula is C10H11ClN2S. The van der Waals surface area contributed by atoms with Crippen molar-refractivity contribution in [2.24, 2.45) is 5.73 Å². The number of hydrogen-bond acceptors (Lipinski definition) is 3. The number of thiophene rings is 1. The normalized spacial score (nSPS) is 12.3. The van der Waals surface area contributed by atoms with Gasteiger partial charge in [-0.1, -0.05) is 11.6 Å². The summed E-state index contributed by atoms with van der Waals surface area (Å²) >= 11 is 7.47. The van der Waals surface area contributed by atoms with E-state index >= 15 is 0 Å². The Kier molecular flexibility index (Phi) is 2.26. The van der Waals surface area contributed by atoms with Gasteiger partial charge in [0.15, 0.2) is 0 Å². The van der Waals surface area contributed by atoms with Gasteiger partial charge in [0.2, 0.25) is 0 Å². The third-order valence-electron chi connectivity index (χ3n) is 1.97. The van der Waals surface area contributed by atoms with Gasteiger partial charge < -0.3 is 5.73 Å². The molecule has 14 heavy (non-hydrogen) atoms. The van der Waals surface area contributed by atoms with E-state index in [4.69, 9.17) is 17.3 Å². The predicted octanol–water partition coefficient (Wildman–Crippen LogP) is 3.14. The summed E-state index contributed by atoms with van der Waals surface area (Å²) in [7, 11) is 0. The minimum Gasteiger partial charge on any atom is -0.321 e. The average Bonchev–Trinajstić information content (AvgIpc) is 2.45. The number of halogens is 1. The van der Waals surface area contributed by atoms with Gasteiger partial charge in [0.05, 0.1) is 10.2 Å². The molecule has 0 fully saturated rings. The highest BCUT2D eigenvalue weighted by Crippen LogP contribution is 2.31. The highest BCUT2D eigenvalue weighted by atomic mass is 35.5. The van der Waals surface area contributed by atoms with Crippen molar-refractivity contribution in [1.82, 2.24) is 4.98 Å². The van der Waals surface area contributed by atoms with Crippen molar-refractivity contribution in [3.8, 4) is 0 Å². The Balaban J connectivity index is 2.63.